The second kappa shape index (κ2) is 8.38. The minimum atomic E-state index is -0.0147. The average Bonchev–Trinajstić information content (AvgIpc) is 3.35. The van der Waals surface area contributed by atoms with Gasteiger partial charge in [0.05, 0.1) is 11.7 Å². The zero-order valence-corrected chi connectivity index (χ0v) is 16.6. The van der Waals surface area contributed by atoms with Crippen LogP contribution in [-0.2, 0) is 11.2 Å². The molecule has 0 spiro atoms. The van der Waals surface area contributed by atoms with Gasteiger partial charge in [0.2, 0.25) is 11.8 Å². The SMILES string of the molecule is Cc1cccc(Nc2cccc(C3CCCN3C(=O)CCc3nc(C)no3)n2)n1. The van der Waals surface area contributed by atoms with E-state index < -0.39 is 0 Å². The fourth-order valence-electron chi connectivity index (χ4n) is 3.62. The Balaban J connectivity index is 1.44. The van der Waals surface area contributed by atoms with Crippen molar-refractivity contribution in [2.45, 2.75) is 45.6 Å². The molecule has 1 unspecified atom stereocenters. The monoisotopic (exact) mass is 392 g/mol. The highest BCUT2D eigenvalue weighted by Crippen LogP contribution is 2.32. The lowest BCUT2D eigenvalue weighted by Crippen LogP contribution is -2.31. The maximum Gasteiger partial charge on any atom is 0.227 e. The standard InChI is InChI=1S/C21H24N6O2/c1-14-6-3-9-18(22-14)25-19-10-4-7-16(24-19)17-8-5-13-27(17)21(28)12-11-20-23-15(2)26-29-20/h3-4,6-7,9-10,17H,5,8,11-13H2,1-2H3,(H,22,24,25). The third-order valence-corrected chi connectivity index (χ3v) is 4.95. The van der Waals surface area contributed by atoms with E-state index in [4.69, 9.17) is 9.51 Å². The van der Waals surface area contributed by atoms with E-state index in [1.54, 1.807) is 6.92 Å². The van der Waals surface area contributed by atoms with Gasteiger partial charge in [0, 0.05) is 25.1 Å². The molecular formula is C21H24N6O2. The lowest BCUT2D eigenvalue weighted by atomic mass is 10.1. The van der Waals surface area contributed by atoms with Gasteiger partial charge in [-0.1, -0.05) is 17.3 Å². The van der Waals surface area contributed by atoms with Gasteiger partial charge in [-0.25, -0.2) is 9.97 Å². The summed E-state index contributed by atoms with van der Waals surface area (Å²) in [7, 11) is 0. The van der Waals surface area contributed by atoms with E-state index >= 15 is 0 Å². The summed E-state index contributed by atoms with van der Waals surface area (Å²) in [4.78, 5) is 28.1. The molecule has 8 heteroatoms. The topological polar surface area (TPSA) is 97.0 Å². The molecule has 4 rings (SSSR count). The molecule has 3 aromatic heterocycles. The second-order valence-electron chi connectivity index (χ2n) is 7.22. The zero-order chi connectivity index (χ0) is 20.2. The first kappa shape index (κ1) is 19.0. The quantitative estimate of drug-likeness (QED) is 0.685. The Hall–Kier alpha value is -3.29. The fraction of sp³-hybridized carbons (Fsp3) is 0.381. The number of pyridine rings is 2. The molecule has 0 aromatic carbocycles. The van der Waals surface area contributed by atoms with Gasteiger partial charge in [0.25, 0.3) is 0 Å². The molecule has 0 saturated carbocycles. The van der Waals surface area contributed by atoms with Crippen LogP contribution in [0.15, 0.2) is 40.9 Å². The lowest BCUT2D eigenvalue weighted by Gasteiger charge is -2.24. The van der Waals surface area contributed by atoms with Crippen LogP contribution in [0.25, 0.3) is 0 Å². The lowest BCUT2D eigenvalue weighted by molar-refractivity contribution is -0.132. The summed E-state index contributed by atoms with van der Waals surface area (Å²) in [5.41, 5.74) is 1.83. The maximum atomic E-state index is 12.8. The second-order valence-corrected chi connectivity index (χ2v) is 7.22. The number of anilines is 2. The van der Waals surface area contributed by atoms with Crippen molar-refractivity contribution < 1.29 is 9.32 Å². The van der Waals surface area contributed by atoms with E-state index in [0.29, 0.717) is 24.6 Å². The molecule has 0 bridgehead atoms. The Morgan fingerprint density at radius 2 is 1.93 bits per heavy atom. The van der Waals surface area contributed by atoms with Crippen molar-refractivity contribution in [3.63, 3.8) is 0 Å². The molecular weight excluding hydrogens is 368 g/mol. The van der Waals surface area contributed by atoms with Crippen LogP contribution in [0.5, 0.6) is 0 Å². The number of rotatable bonds is 6. The van der Waals surface area contributed by atoms with E-state index in [-0.39, 0.29) is 11.9 Å². The summed E-state index contributed by atoms with van der Waals surface area (Å²) in [6.07, 6.45) is 2.68. The number of carbonyl (C=O) groups is 1. The van der Waals surface area contributed by atoms with Gasteiger partial charge >= 0.3 is 0 Å². The number of amides is 1. The Morgan fingerprint density at radius 1 is 1.14 bits per heavy atom. The van der Waals surface area contributed by atoms with Gasteiger partial charge in [-0.05, 0) is 51.0 Å². The predicted molar refractivity (Wildman–Crippen MR) is 108 cm³/mol. The molecule has 1 aliphatic rings. The summed E-state index contributed by atoms with van der Waals surface area (Å²) in [6, 6.07) is 11.6. The van der Waals surface area contributed by atoms with Gasteiger partial charge in [-0.3, -0.25) is 4.79 Å². The smallest absolute Gasteiger partial charge is 0.227 e. The van der Waals surface area contributed by atoms with Gasteiger partial charge in [-0.2, -0.15) is 4.98 Å². The van der Waals surface area contributed by atoms with E-state index in [2.05, 4.69) is 20.4 Å². The van der Waals surface area contributed by atoms with Crippen LogP contribution < -0.4 is 5.32 Å². The van der Waals surface area contributed by atoms with Gasteiger partial charge in [0.1, 0.15) is 11.6 Å². The zero-order valence-electron chi connectivity index (χ0n) is 16.6. The number of nitrogens with zero attached hydrogens (tertiary/aromatic N) is 5. The van der Waals surface area contributed by atoms with Crippen molar-refractivity contribution >= 4 is 17.5 Å². The Morgan fingerprint density at radius 3 is 2.69 bits per heavy atom. The van der Waals surface area contributed by atoms with Gasteiger partial charge in [-0.15, -0.1) is 0 Å². The van der Waals surface area contributed by atoms with Crippen molar-refractivity contribution in [2.75, 3.05) is 11.9 Å². The Kier molecular flexibility index (Phi) is 5.50. The number of aromatic nitrogens is 4. The highest BCUT2D eigenvalue weighted by atomic mass is 16.5. The van der Waals surface area contributed by atoms with Gasteiger partial charge < -0.3 is 14.7 Å². The highest BCUT2D eigenvalue weighted by Gasteiger charge is 2.31. The van der Waals surface area contributed by atoms with Crippen LogP contribution in [0.3, 0.4) is 0 Å². The summed E-state index contributed by atoms with van der Waals surface area (Å²) in [6.45, 7) is 4.46. The molecule has 8 nitrogen and oxygen atoms in total. The molecule has 3 aromatic rings. The summed E-state index contributed by atoms with van der Waals surface area (Å²) < 4.78 is 5.11. The number of nitrogens with one attached hydrogen (secondary N) is 1. The largest absolute Gasteiger partial charge is 0.339 e. The first-order valence-corrected chi connectivity index (χ1v) is 9.85. The molecule has 29 heavy (non-hydrogen) atoms. The van der Waals surface area contributed by atoms with Crippen LogP contribution in [0.1, 0.15) is 48.4 Å². The molecule has 1 N–H and O–H groups in total. The molecule has 1 saturated heterocycles. The summed E-state index contributed by atoms with van der Waals surface area (Å²) in [5.74, 6) is 2.65. The third-order valence-electron chi connectivity index (χ3n) is 4.95. The maximum absolute atomic E-state index is 12.8. The summed E-state index contributed by atoms with van der Waals surface area (Å²) in [5, 5.41) is 7.02. The van der Waals surface area contributed by atoms with E-state index in [1.165, 1.54) is 0 Å². The van der Waals surface area contributed by atoms with Crippen LogP contribution in [0, 0.1) is 13.8 Å². The first-order chi connectivity index (χ1) is 14.1. The minimum Gasteiger partial charge on any atom is -0.339 e. The number of likely N-dealkylation sites (tertiary alicyclic amines) is 1. The highest BCUT2D eigenvalue weighted by molar-refractivity contribution is 5.77. The van der Waals surface area contributed by atoms with E-state index in [1.807, 2.05) is 48.2 Å². The van der Waals surface area contributed by atoms with Crippen molar-refractivity contribution in [1.29, 1.82) is 0 Å². The molecule has 1 aliphatic heterocycles. The first-order valence-electron chi connectivity index (χ1n) is 9.85. The van der Waals surface area contributed by atoms with Crippen molar-refractivity contribution in [3.8, 4) is 0 Å². The molecule has 4 heterocycles. The van der Waals surface area contributed by atoms with Crippen molar-refractivity contribution in [3.05, 3.63) is 59.5 Å². The normalized spacial score (nSPS) is 16.2. The van der Waals surface area contributed by atoms with Crippen molar-refractivity contribution in [1.82, 2.24) is 25.0 Å². The van der Waals surface area contributed by atoms with Crippen LogP contribution in [0.2, 0.25) is 0 Å². The van der Waals surface area contributed by atoms with Gasteiger partial charge in [0.15, 0.2) is 5.82 Å². The molecule has 1 amide bonds. The van der Waals surface area contributed by atoms with Crippen LogP contribution >= 0.6 is 0 Å². The molecule has 1 atom stereocenters. The Labute approximate surface area is 169 Å². The number of hydrogen-bond donors (Lipinski definition) is 1. The molecule has 150 valence electrons. The number of hydrogen-bond acceptors (Lipinski definition) is 7. The number of carbonyl (C=O) groups excluding carboxylic acids is 1. The molecule has 0 radical (unpaired) electrons. The minimum absolute atomic E-state index is 0.0147. The predicted octanol–water partition coefficient (Wildman–Crippen LogP) is 3.52. The average molecular weight is 392 g/mol. The fourth-order valence-corrected chi connectivity index (χ4v) is 3.62. The van der Waals surface area contributed by atoms with Crippen LogP contribution in [0.4, 0.5) is 11.6 Å². The van der Waals surface area contributed by atoms with Crippen molar-refractivity contribution in [2.24, 2.45) is 0 Å². The Bertz CT molecular complexity index is 1000. The molecule has 1 fully saturated rings. The number of aryl methyl sites for hydroxylation is 3. The van der Waals surface area contributed by atoms with Crippen LogP contribution in [-0.4, -0.2) is 37.5 Å². The summed E-state index contributed by atoms with van der Waals surface area (Å²) >= 11 is 0. The van der Waals surface area contributed by atoms with E-state index in [9.17, 15) is 4.79 Å². The molecule has 0 aliphatic carbocycles. The van der Waals surface area contributed by atoms with E-state index in [0.717, 1.165) is 42.4 Å². The third kappa shape index (κ3) is 4.59.